The molecular weight excluding hydrogens is 568 g/mol. The molecule has 2 aliphatic rings. The Morgan fingerprint density at radius 1 is 0.927 bits per heavy atom. The number of aromatic nitrogens is 2. The van der Waals surface area contributed by atoms with Crippen LogP contribution < -0.4 is 4.74 Å². The second kappa shape index (κ2) is 14.2. The van der Waals surface area contributed by atoms with Gasteiger partial charge in [0.2, 0.25) is 0 Å². The Labute approximate surface area is 230 Å². The van der Waals surface area contributed by atoms with Crippen LogP contribution in [0.2, 0.25) is 0 Å². The zero-order valence-corrected chi connectivity index (χ0v) is 22.1. The van der Waals surface area contributed by atoms with E-state index in [0.29, 0.717) is 5.69 Å². The number of fused-ring (bicyclic) bond motifs is 1. The Morgan fingerprint density at radius 3 is 1.90 bits per heavy atom. The van der Waals surface area contributed by atoms with E-state index in [9.17, 15) is 31.1 Å². The Hall–Kier alpha value is -3.86. The molecule has 2 aliphatic heterocycles. The number of hydrogen-bond donors (Lipinski definition) is 3. The molecule has 41 heavy (non-hydrogen) atoms. The first kappa shape index (κ1) is 33.3. The van der Waals surface area contributed by atoms with Crippen LogP contribution in [0.15, 0.2) is 24.3 Å². The summed E-state index contributed by atoms with van der Waals surface area (Å²) in [5.41, 5.74) is 4.06. The van der Waals surface area contributed by atoms with Gasteiger partial charge in [0.15, 0.2) is 5.69 Å². The van der Waals surface area contributed by atoms with Crippen LogP contribution in [0.4, 0.5) is 26.3 Å². The topological polar surface area (TPSA) is 139 Å². The van der Waals surface area contributed by atoms with Gasteiger partial charge >= 0.3 is 24.3 Å². The van der Waals surface area contributed by atoms with E-state index in [1.54, 1.807) is 7.11 Å². The number of methoxy groups -OCH3 is 1. The van der Waals surface area contributed by atoms with E-state index in [2.05, 4.69) is 39.2 Å². The molecule has 0 bridgehead atoms. The molecule has 0 unspecified atom stereocenters. The molecule has 4 rings (SSSR count). The molecular formula is C24H29F6N5O6. The summed E-state index contributed by atoms with van der Waals surface area (Å²) in [5, 5.41) is 21.8. The van der Waals surface area contributed by atoms with Gasteiger partial charge in [-0.25, -0.2) is 9.59 Å². The summed E-state index contributed by atoms with van der Waals surface area (Å²) in [5.74, 6) is -4.57. The fourth-order valence-corrected chi connectivity index (χ4v) is 3.83. The third kappa shape index (κ3) is 10.2. The second-order valence-corrected chi connectivity index (χ2v) is 9.04. The number of halogens is 6. The van der Waals surface area contributed by atoms with Crippen molar-refractivity contribution >= 4 is 17.8 Å². The molecule has 0 aliphatic carbocycles. The quantitative estimate of drug-likeness (QED) is 0.454. The largest absolute Gasteiger partial charge is 0.497 e. The van der Waals surface area contributed by atoms with E-state index in [-0.39, 0.29) is 5.91 Å². The predicted octanol–water partition coefficient (Wildman–Crippen LogP) is 2.63. The summed E-state index contributed by atoms with van der Waals surface area (Å²) in [6, 6.07) is 8.19. The van der Waals surface area contributed by atoms with Gasteiger partial charge in [0.1, 0.15) is 5.75 Å². The number of carboxylic acid groups (broad SMARTS) is 2. The maximum atomic E-state index is 12.9. The third-order valence-corrected chi connectivity index (χ3v) is 6.06. The zero-order valence-electron chi connectivity index (χ0n) is 22.1. The van der Waals surface area contributed by atoms with Crippen LogP contribution in [-0.4, -0.2) is 112 Å². The van der Waals surface area contributed by atoms with Crippen LogP contribution in [0.25, 0.3) is 0 Å². The van der Waals surface area contributed by atoms with Gasteiger partial charge in [-0.3, -0.25) is 14.8 Å². The Kier molecular flexibility index (Phi) is 11.5. The monoisotopic (exact) mass is 597 g/mol. The van der Waals surface area contributed by atoms with E-state index >= 15 is 0 Å². The number of benzene rings is 1. The van der Waals surface area contributed by atoms with Gasteiger partial charge in [-0.2, -0.15) is 31.4 Å². The first-order valence-electron chi connectivity index (χ1n) is 12.0. The second-order valence-electron chi connectivity index (χ2n) is 9.04. The lowest BCUT2D eigenvalue weighted by Crippen LogP contribution is -2.47. The molecule has 228 valence electrons. The number of H-pyrrole nitrogens is 1. The summed E-state index contributed by atoms with van der Waals surface area (Å²) in [4.78, 5) is 37.2. The van der Waals surface area contributed by atoms with Crippen molar-refractivity contribution in [2.45, 2.75) is 31.9 Å². The Balaban J connectivity index is 0.000000349. The number of aromatic amines is 1. The van der Waals surface area contributed by atoms with Crippen LogP contribution in [0, 0.1) is 0 Å². The SMILES string of the molecule is COc1ccc(CN2CCc3c(C(=O)N4CCN(C)CC4)n[nH]c3C2)cc1.O=C(O)C(F)(F)F.O=C(O)C(F)(F)F. The summed E-state index contributed by atoms with van der Waals surface area (Å²) in [6.07, 6.45) is -9.31. The van der Waals surface area contributed by atoms with Crippen molar-refractivity contribution in [3.63, 3.8) is 0 Å². The highest BCUT2D eigenvalue weighted by molar-refractivity contribution is 5.94. The average Bonchev–Trinajstić information content (AvgIpc) is 3.32. The zero-order chi connectivity index (χ0) is 31.0. The number of alkyl halides is 6. The highest BCUT2D eigenvalue weighted by Gasteiger charge is 2.39. The molecule has 2 aromatic rings. The van der Waals surface area contributed by atoms with Crippen LogP contribution in [0.3, 0.4) is 0 Å². The number of nitrogens with zero attached hydrogens (tertiary/aromatic N) is 4. The lowest BCUT2D eigenvalue weighted by molar-refractivity contribution is -0.193. The number of hydrogen-bond acceptors (Lipinski definition) is 7. The highest BCUT2D eigenvalue weighted by Crippen LogP contribution is 2.23. The van der Waals surface area contributed by atoms with Gasteiger partial charge in [-0.05, 0) is 31.2 Å². The predicted molar refractivity (Wildman–Crippen MR) is 130 cm³/mol. The van der Waals surface area contributed by atoms with E-state index in [1.807, 2.05) is 17.0 Å². The third-order valence-electron chi connectivity index (χ3n) is 6.06. The van der Waals surface area contributed by atoms with Crippen molar-refractivity contribution in [1.82, 2.24) is 24.9 Å². The summed E-state index contributed by atoms with van der Waals surface area (Å²) < 4.78 is 68.7. The highest BCUT2D eigenvalue weighted by atomic mass is 19.4. The average molecular weight is 598 g/mol. The number of carbonyl (C=O) groups is 3. The lowest BCUT2D eigenvalue weighted by Gasteiger charge is -2.32. The molecule has 11 nitrogen and oxygen atoms in total. The Morgan fingerprint density at radius 2 is 1.44 bits per heavy atom. The van der Waals surface area contributed by atoms with Gasteiger partial charge in [-0.15, -0.1) is 0 Å². The number of likely N-dealkylation sites (N-methyl/N-ethyl adjacent to an activating group) is 1. The van der Waals surface area contributed by atoms with Gasteiger partial charge in [-0.1, -0.05) is 12.1 Å². The molecule has 1 fully saturated rings. The molecule has 0 radical (unpaired) electrons. The summed E-state index contributed by atoms with van der Waals surface area (Å²) in [6.45, 7) is 6.01. The van der Waals surface area contributed by atoms with Crippen molar-refractivity contribution in [1.29, 1.82) is 0 Å². The number of rotatable bonds is 4. The van der Waals surface area contributed by atoms with Crippen LogP contribution in [0.1, 0.15) is 27.3 Å². The summed E-state index contributed by atoms with van der Waals surface area (Å²) >= 11 is 0. The molecule has 3 heterocycles. The number of carboxylic acids is 2. The van der Waals surface area contributed by atoms with E-state index in [1.165, 1.54) is 5.56 Å². The van der Waals surface area contributed by atoms with Crippen LogP contribution in [0.5, 0.6) is 5.75 Å². The fraction of sp³-hybridized carbons (Fsp3) is 0.500. The first-order valence-corrected chi connectivity index (χ1v) is 12.0. The number of ether oxygens (including phenoxy) is 1. The smallest absolute Gasteiger partial charge is 0.490 e. The number of piperazine rings is 1. The molecule has 1 aromatic carbocycles. The van der Waals surface area contributed by atoms with Crippen molar-refractivity contribution < 1.29 is 55.7 Å². The van der Waals surface area contributed by atoms with Crippen molar-refractivity contribution in [2.24, 2.45) is 0 Å². The van der Waals surface area contributed by atoms with Crippen LogP contribution >= 0.6 is 0 Å². The number of carbonyl (C=O) groups excluding carboxylic acids is 1. The first-order chi connectivity index (χ1) is 19.0. The molecule has 1 saturated heterocycles. The number of amides is 1. The van der Waals surface area contributed by atoms with Crippen molar-refractivity contribution in [2.75, 3.05) is 46.9 Å². The number of nitrogens with one attached hydrogen (secondary N) is 1. The maximum Gasteiger partial charge on any atom is 0.490 e. The molecule has 0 saturated carbocycles. The molecule has 1 aromatic heterocycles. The normalized spacial score (nSPS) is 16.0. The summed E-state index contributed by atoms with van der Waals surface area (Å²) in [7, 11) is 3.77. The molecule has 0 spiro atoms. The maximum absolute atomic E-state index is 12.9. The minimum Gasteiger partial charge on any atom is -0.497 e. The molecule has 0 atom stereocenters. The Bertz CT molecular complexity index is 1150. The van der Waals surface area contributed by atoms with Gasteiger partial charge in [0.25, 0.3) is 5.91 Å². The lowest BCUT2D eigenvalue weighted by atomic mass is 10.0. The number of aliphatic carboxylic acids is 2. The molecule has 17 heteroatoms. The van der Waals surface area contributed by atoms with Gasteiger partial charge in [0, 0.05) is 51.4 Å². The minimum atomic E-state index is -5.08. The fourth-order valence-electron chi connectivity index (χ4n) is 3.83. The van der Waals surface area contributed by atoms with E-state index < -0.39 is 24.3 Å². The van der Waals surface area contributed by atoms with Crippen molar-refractivity contribution in [3.05, 3.63) is 46.8 Å². The van der Waals surface area contributed by atoms with Gasteiger partial charge < -0.3 is 24.7 Å². The van der Waals surface area contributed by atoms with E-state index in [4.69, 9.17) is 24.5 Å². The minimum absolute atomic E-state index is 0.0733. The van der Waals surface area contributed by atoms with E-state index in [0.717, 1.165) is 69.2 Å². The van der Waals surface area contributed by atoms with Crippen molar-refractivity contribution in [3.8, 4) is 5.75 Å². The van der Waals surface area contributed by atoms with Gasteiger partial charge in [0.05, 0.1) is 12.8 Å². The molecule has 3 N–H and O–H groups in total. The van der Waals surface area contributed by atoms with Crippen LogP contribution in [-0.2, 0) is 29.1 Å². The molecule has 1 amide bonds. The standard InChI is InChI=1S/C20H27N5O2.2C2HF3O2/c1-23-9-11-25(12-10-23)20(26)19-17-7-8-24(14-18(17)21-22-19)13-15-3-5-16(27-2)6-4-15;2*3-2(4,5)1(6)7/h3-6H,7-14H2,1-2H3,(H,21,22);2*(H,6,7).